The molecule has 1 fully saturated rings. The summed E-state index contributed by atoms with van der Waals surface area (Å²) in [5.74, 6) is -0.0866. The molecule has 1 saturated carbocycles. The van der Waals surface area contributed by atoms with E-state index in [1.165, 1.54) is 30.0 Å². The number of hydrogen-bond donors (Lipinski definition) is 3. The highest BCUT2D eigenvalue weighted by atomic mass is 32.2. The highest BCUT2D eigenvalue weighted by Crippen LogP contribution is 2.26. The zero-order chi connectivity index (χ0) is 33.3. The minimum absolute atomic E-state index is 0.0126. The van der Waals surface area contributed by atoms with Gasteiger partial charge in [-0.05, 0) is 61.2 Å². The maximum atomic E-state index is 13.7. The van der Waals surface area contributed by atoms with E-state index < -0.39 is 35.6 Å². The maximum absolute atomic E-state index is 13.7. The molecule has 3 atom stereocenters. The summed E-state index contributed by atoms with van der Waals surface area (Å²) in [6.45, 7) is 5.71. The summed E-state index contributed by atoms with van der Waals surface area (Å²) in [4.78, 5) is 29.0. The zero-order valence-corrected chi connectivity index (χ0v) is 29.2. The average molecular weight is 662 g/mol. The van der Waals surface area contributed by atoms with Crippen LogP contribution in [0.3, 0.4) is 0 Å². The Morgan fingerprint density at radius 2 is 1.69 bits per heavy atom. The fraction of sp³-hybridized carbons (Fsp3) is 0.545. The van der Waals surface area contributed by atoms with E-state index in [1.54, 1.807) is 42.3 Å². The Balaban J connectivity index is 1.85. The number of rotatable bonds is 15. The molecule has 0 radical (unpaired) electrons. The van der Waals surface area contributed by atoms with Gasteiger partial charge in [-0.1, -0.05) is 33.1 Å². The first kappa shape index (κ1) is 36.5. The third kappa shape index (κ3) is 10.0. The number of ether oxygens (including phenoxy) is 1. The number of amides is 2. The molecule has 0 aliphatic heterocycles. The monoisotopic (exact) mass is 661 g/mol. The summed E-state index contributed by atoms with van der Waals surface area (Å²) in [6, 6.07) is 10.5. The molecule has 2 amide bonds. The first-order valence-electron chi connectivity index (χ1n) is 15.5. The molecule has 10 nitrogen and oxygen atoms in total. The Kier molecular flexibility index (Phi) is 13.4. The minimum Gasteiger partial charge on any atom is -0.497 e. The zero-order valence-electron chi connectivity index (χ0n) is 27.5. The summed E-state index contributed by atoms with van der Waals surface area (Å²) < 4.78 is 33.8. The molecule has 1 aliphatic carbocycles. The SMILES string of the molecule is C=[P+](C)CC(NC(=O)c1cc(NC)cc(C(=O)N(C)C2CCCCC2)c1)C(O)CN(CC(C)C)S(=O)(=O)c1ccc(OC)cc1. The van der Waals surface area contributed by atoms with Gasteiger partial charge in [0.05, 0.1) is 44.7 Å². The molecule has 248 valence electrons. The molecule has 12 heteroatoms. The van der Waals surface area contributed by atoms with Gasteiger partial charge in [0.1, 0.15) is 11.9 Å². The smallest absolute Gasteiger partial charge is 0.253 e. The second kappa shape index (κ2) is 16.5. The van der Waals surface area contributed by atoms with Gasteiger partial charge in [-0.2, -0.15) is 4.31 Å². The summed E-state index contributed by atoms with van der Waals surface area (Å²) in [5, 5.41) is 17.4. The third-order valence-electron chi connectivity index (χ3n) is 8.12. The number of nitrogens with one attached hydrogen (secondary N) is 2. The van der Waals surface area contributed by atoms with Gasteiger partial charge >= 0.3 is 0 Å². The van der Waals surface area contributed by atoms with Crippen LogP contribution in [0.4, 0.5) is 5.69 Å². The molecule has 0 bridgehead atoms. The van der Waals surface area contributed by atoms with Crippen LogP contribution in [0.2, 0.25) is 0 Å². The number of aliphatic hydroxyl groups excluding tert-OH is 1. The largest absolute Gasteiger partial charge is 0.497 e. The quantitative estimate of drug-likeness (QED) is 0.240. The van der Waals surface area contributed by atoms with Crippen LogP contribution >= 0.6 is 7.55 Å². The minimum atomic E-state index is -3.96. The number of anilines is 1. The standard InChI is InChI=1S/C33H49N4O6PS/c1-23(2)20-37(45(41,42)29-15-13-28(43-5)14-16-29)21-31(38)30(22-44(6)7)35-32(39)24-17-25(19-26(18-24)34-3)33(40)36(4)27-11-9-8-10-12-27/h13-19,23,27,30-31,34,38H,6,8-12,20-22H2,1-5,7H3/p+1. The predicted molar refractivity (Wildman–Crippen MR) is 184 cm³/mol. The Bertz CT molecular complexity index is 1430. The van der Waals surface area contributed by atoms with Crippen molar-refractivity contribution in [2.24, 2.45) is 5.92 Å². The highest BCUT2D eigenvalue weighted by molar-refractivity contribution is 7.89. The van der Waals surface area contributed by atoms with E-state index >= 15 is 0 Å². The van der Waals surface area contributed by atoms with Crippen LogP contribution < -0.4 is 15.4 Å². The van der Waals surface area contributed by atoms with Crippen LogP contribution in [0.5, 0.6) is 5.75 Å². The molecule has 0 spiro atoms. The fourth-order valence-corrected chi connectivity index (χ4v) is 8.25. The number of carbonyl (C=O) groups is 2. The van der Waals surface area contributed by atoms with Gasteiger partial charge < -0.3 is 25.4 Å². The molecule has 0 saturated heterocycles. The van der Waals surface area contributed by atoms with Crippen LogP contribution in [0.1, 0.15) is 66.7 Å². The molecule has 2 aromatic carbocycles. The first-order valence-corrected chi connectivity index (χ1v) is 19.1. The number of aliphatic hydroxyl groups is 1. The molecule has 3 unspecified atom stereocenters. The topological polar surface area (TPSA) is 128 Å². The lowest BCUT2D eigenvalue weighted by Gasteiger charge is -2.31. The van der Waals surface area contributed by atoms with Crippen molar-refractivity contribution >= 4 is 41.4 Å². The molecule has 3 N–H and O–H groups in total. The molecular formula is C33H50N4O6PS+. The Hall–Kier alpha value is -2.98. The number of carbonyl (C=O) groups excluding carboxylic acids is 2. The molecule has 45 heavy (non-hydrogen) atoms. The van der Waals surface area contributed by atoms with Crippen molar-refractivity contribution in [2.45, 2.75) is 69.0 Å². The van der Waals surface area contributed by atoms with Gasteiger partial charge in [0.25, 0.3) is 11.8 Å². The van der Waals surface area contributed by atoms with Crippen molar-refractivity contribution in [3.05, 3.63) is 53.6 Å². The molecule has 1 aliphatic rings. The van der Waals surface area contributed by atoms with Crippen molar-refractivity contribution in [1.82, 2.24) is 14.5 Å². The van der Waals surface area contributed by atoms with E-state index in [4.69, 9.17) is 4.74 Å². The number of hydrogen-bond acceptors (Lipinski definition) is 7. The van der Waals surface area contributed by atoms with Crippen molar-refractivity contribution in [3.8, 4) is 5.75 Å². The second-order valence-corrected chi connectivity index (χ2v) is 16.3. The summed E-state index contributed by atoms with van der Waals surface area (Å²) in [5.41, 5.74) is 1.29. The predicted octanol–water partition coefficient (Wildman–Crippen LogP) is 4.49. The summed E-state index contributed by atoms with van der Waals surface area (Å²) in [6.07, 6.45) is 8.58. The lowest BCUT2D eigenvalue weighted by molar-refractivity contribution is 0.0696. The van der Waals surface area contributed by atoms with E-state index in [9.17, 15) is 23.1 Å². The van der Waals surface area contributed by atoms with Gasteiger partial charge in [-0.25, -0.2) is 8.42 Å². The first-order chi connectivity index (χ1) is 21.3. The lowest BCUT2D eigenvalue weighted by atomic mass is 9.94. The molecular weight excluding hydrogens is 611 g/mol. The molecule has 2 aromatic rings. The van der Waals surface area contributed by atoms with Crippen LogP contribution in [-0.2, 0) is 10.0 Å². The van der Waals surface area contributed by atoms with E-state index in [0.29, 0.717) is 23.2 Å². The number of methoxy groups -OCH3 is 1. The Morgan fingerprint density at radius 3 is 2.24 bits per heavy atom. The van der Waals surface area contributed by atoms with E-state index in [2.05, 4.69) is 16.9 Å². The van der Waals surface area contributed by atoms with Gasteiger partial charge in [0.2, 0.25) is 10.0 Å². The van der Waals surface area contributed by atoms with E-state index in [-0.39, 0.29) is 41.4 Å². The number of sulfonamides is 1. The lowest BCUT2D eigenvalue weighted by Crippen LogP contribution is -2.51. The normalized spacial score (nSPS) is 15.8. The van der Waals surface area contributed by atoms with Crippen molar-refractivity contribution < 1.29 is 27.9 Å². The second-order valence-electron chi connectivity index (χ2n) is 12.3. The Morgan fingerprint density at radius 1 is 1.07 bits per heavy atom. The van der Waals surface area contributed by atoms with Gasteiger partial charge in [-0.3, -0.25) is 9.59 Å². The molecule has 0 aromatic heterocycles. The Labute approximate surface area is 270 Å². The molecule has 3 rings (SSSR count). The summed E-state index contributed by atoms with van der Waals surface area (Å²) >= 11 is 0. The number of nitrogens with zero attached hydrogens (tertiary/aromatic N) is 2. The van der Waals surface area contributed by atoms with Gasteiger partial charge in [-0.15, -0.1) is 0 Å². The van der Waals surface area contributed by atoms with Crippen LogP contribution in [0.25, 0.3) is 0 Å². The van der Waals surface area contributed by atoms with Crippen LogP contribution in [-0.4, -0.2) is 106 Å². The fourth-order valence-electron chi connectivity index (χ4n) is 5.63. The molecule has 0 heterocycles. The summed E-state index contributed by atoms with van der Waals surface area (Å²) in [7, 11) is 0.280. The third-order valence-corrected chi connectivity index (χ3v) is 11.0. The van der Waals surface area contributed by atoms with Crippen LogP contribution in [0, 0.1) is 5.92 Å². The van der Waals surface area contributed by atoms with Crippen molar-refractivity contribution in [1.29, 1.82) is 0 Å². The highest BCUT2D eigenvalue weighted by Gasteiger charge is 2.33. The van der Waals surface area contributed by atoms with E-state index in [0.717, 1.165) is 25.7 Å². The van der Waals surface area contributed by atoms with Crippen molar-refractivity contribution in [2.75, 3.05) is 52.4 Å². The maximum Gasteiger partial charge on any atom is 0.253 e. The average Bonchev–Trinajstić information content (AvgIpc) is 3.03. The van der Waals surface area contributed by atoms with E-state index in [1.807, 2.05) is 27.6 Å². The number of benzene rings is 2. The van der Waals surface area contributed by atoms with Crippen LogP contribution in [0.15, 0.2) is 47.4 Å². The van der Waals surface area contributed by atoms with Crippen molar-refractivity contribution in [3.63, 3.8) is 0 Å². The van der Waals surface area contributed by atoms with Gasteiger partial charge in [0, 0.05) is 50.0 Å². The van der Waals surface area contributed by atoms with Gasteiger partial charge in [0.15, 0.2) is 0 Å².